The number of carbonyl (C=O) groups is 1. The maximum atomic E-state index is 12.6. The molecule has 0 bridgehead atoms. The largest absolute Gasteiger partial charge is 0.297 e. The van der Waals surface area contributed by atoms with E-state index in [2.05, 4.69) is 29.4 Å². The van der Waals surface area contributed by atoms with Crippen LogP contribution < -0.4 is 5.32 Å². The zero-order valence-corrected chi connectivity index (χ0v) is 13.6. The first kappa shape index (κ1) is 14.2. The monoisotopic (exact) mass is 316 g/mol. The molecule has 0 aliphatic carbocycles. The number of amides is 1. The average Bonchev–Trinajstić information content (AvgIpc) is 3.04. The van der Waals surface area contributed by atoms with Gasteiger partial charge in [0, 0.05) is 15.8 Å². The smallest absolute Gasteiger partial charge is 0.267 e. The highest BCUT2D eigenvalue weighted by atomic mass is 32.1. The van der Waals surface area contributed by atoms with Crippen LogP contribution in [0.4, 0.5) is 5.13 Å². The Balaban J connectivity index is 1.98. The fourth-order valence-corrected chi connectivity index (χ4v) is 4.15. The molecule has 0 atom stereocenters. The molecule has 21 heavy (non-hydrogen) atoms. The van der Waals surface area contributed by atoms with E-state index < -0.39 is 0 Å². The van der Waals surface area contributed by atoms with Crippen LogP contribution in [0.5, 0.6) is 0 Å². The lowest BCUT2D eigenvalue weighted by Crippen LogP contribution is -2.11. The molecular weight excluding hydrogens is 300 g/mol. The number of nitrogens with zero attached hydrogens (tertiary/aromatic N) is 1. The van der Waals surface area contributed by atoms with E-state index in [1.807, 2.05) is 19.1 Å². The van der Waals surface area contributed by atoms with Gasteiger partial charge in [0.15, 0.2) is 5.13 Å². The molecular formula is C16H16N2OS2. The second kappa shape index (κ2) is 5.95. The van der Waals surface area contributed by atoms with Gasteiger partial charge < -0.3 is 0 Å². The van der Waals surface area contributed by atoms with E-state index in [-0.39, 0.29) is 5.91 Å². The molecule has 3 nitrogen and oxygen atoms in total. The van der Waals surface area contributed by atoms with E-state index in [9.17, 15) is 4.79 Å². The lowest BCUT2D eigenvalue weighted by molar-refractivity contribution is 0.103. The maximum absolute atomic E-state index is 12.6. The molecule has 0 unspecified atom stereocenters. The number of thiazole rings is 1. The zero-order valence-electron chi connectivity index (χ0n) is 12.0. The Hall–Kier alpha value is -1.72. The minimum atomic E-state index is -0.0472. The molecule has 2 heterocycles. The second-order valence-electron chi connectivity index (χ2n) is 4.89. The summed E-state index contributed by atoms with van der Waals surface area (Å²) >= 11 is 3.06. The Morgan fingerprint density at radius 2 is 2.10 bits per heavy atom. The van der Waals surface area contributed by atoms with E-state index in [4.69, 9.17) is 0 Å². The van der Waals surface area contributed by atoms with Crippen molar-refractivity contribution in [3.05, 3.63) is 45.8 Å². The fraction of sp³-hybridized carbons (Fsp3) is 0.250. The van der Waals surface area contributed by atoms with Crippen LogP contribution in [-0.2, 0) is 6.42 Å². The van der Waals surface area contributed by atoms with Crippen molar-refractivity contribution in [2.45, 2.75) is 26.7 Å². The van der Waals surface area contributed by atoms with Crippen molar-refractivity contribution in [3.8, 4) is 0 Å². The fourth-order valence-electron chi connectivity index (χ4n) is 2.35. The number of rotatable bonds is 4. The van der Waals surface area contributed by atoms with Crippen molar-refractivity contribution in [2.75, 3.05) is 5.32 Å². The van der Waals surface area contributed by atoms with Gasteiger partial charge in [-0.3, -0.25) is 10.1 Å². The normalized spacial score (nSPS) is 11.0. The topological polar surface area (TPSA) is 42.0 Å². The summed E-state index contributed by atoms with van der Waals surface area (Å²) in [6.07, 6.45) is 3.72. The Bertz CT molecular complexity index is 789. The molecule has 0 fully saturated rings. The number of hydrogen-bond donors (Lipinski definition) is 1. The van der Waals surface area contributed by atoms with Crippen LogP contribution in [-0.4, -0.2) is 10.9 Å². The summed E-state index contributed by atoms with van der Waals surface area (Å²) in [4.78, 5) is 18.7. The molecule has 3 rings (SSSR count). The number of aromatic nitrogens is 1. The first-order chi connectivity index (χ1) is 10.2. The van der Waals surface area contributed by atoms with Crippen LogP contribution in [0, 0.1) is 6.92 Å². The van der Waals surface area contributed by atoms with Gasteiger partial charge >= 0.3 is 0 Å². The van der Waals surface area contributed by atoms with Crippen LogP contribution in [0.1, 0.15) is 33.5 Å². The van der Waals surface area contributed by atoms with E-state index >= 15 is 0 Å². The summed E-state index contributed by atoms with van der Waals surface area (Å²) in [6.45, 7) is 4.12. The number of nitrogens with one attached hydrogen (secondary N) is 1. The predicted octanol–water partition coefficient (Wildman–Crippen LogP) is 4.87. The van der Waals surface area contributed by atoms with Crippen LogP contribution in [0.15, 0.2) is 30.5 Å². The number of aryl methyl sites for hydroxylation is 2. The van der Waals surface area contributed by atoms with Crippen molar-refractivity contribution in [2.24, 2.45) is 0 Å². The molecule has 0 saturated heterocycles. The second-order valence-corrected chi connectivity index (χ2v) is 7.17. The predicted molar refractivity (Wildman–Crippen MR) is 90.6 cm³/mol. The SMILES string of the molecule is CCCc1c(C(=O)Nc2ncc(C)s2)sc2ccccc12. The molecule has 2 aromatic heterocycles. The Morgan fingerprint density at radius 3 is 2.81 bits per heavy atom. The van der Waals surface area contributed by atoms with E-state index in [1.165, 1.54) is 21.4 Å². The Morgan fingerprint density at radius 1 is 1.29 bits per heavy atom. The molecule has 1 aromatic carbocycles. The van der Waals surface area contributed by atoms with E-state index in [0.29, 0.717) is 5.13 Å². The molecule has 0 spiro atoms. The van der Waals surface area contributed by atoms with Gasteiger partial charge in [0.25, 0.3) is 5.91 Å². The van der Waals surface area contributed by atoms with Crippen LogP contribution >= 0.6 is 22.7 Å². The van der Waals surface area contributed by atoms with Crippen molar-refractivity contribution in [1.29, 1.82) is 0 Å². The van der Waals surface area contributed by atoms with Gasteiger partial charge in [-0.25, -0.2) is 4.98 Å². The van der Waals surface area contributed by atoms with Crippen molar-refractivity contribution in [3.63, 3.8) is 0 Å². The first-order valence-corrected chi connectivity index (χ1v) is 8.56. The van der Waals surface area contributed by atoms with Crippen molar-refractivity contribution >= 4 is 43.8 Å². The molecule has 108 valence electrons. The molecule has 1 N–H and O–H groups in total. The minimum Gasteiger partial charge on any atom is -0.297 e. The van der Waals surface area contributed by atoms with E-state index in [0.717, 1.165) is 28.2 Å². The number of fused-ring (bicyclic) bond motifs is 1. The number of carbonyl (C=O) groups excluding carboxylic acids is 1. The Kier molecular flexibility index (Phi) is 4.03. The highest BCUT2D eigenvalue weighted by Gasteiger charge is 2.18. The molecule has 0 aliphatic rings. The highest BCUT2D eigenvalue weighted by molar-refractivity contribution is 7.21. The zero-order chi connectivity index (χ0) is 14.8. The van der Waals surface area contributed by atoms with Gasteiger partial charge in [-0.2, -0.15) is 0 Å². The molecule has 0 aliphatic heterocycles. The Labute approximate surface area is 131 Å². The average molecular weight is 316 g/mol. The molecule has 3 aromatic rings. The van der Waals surface area contributed by atoms with Gasteiger partial charge in [0.1, 0.15) is 0 Å². The minimum absolute atomic E-state index is 0.0472. The molecule has 1 amide bonds. The summed E-state index contributed by atoms with van der Waals surface area (Å²) < 4.78 is 1.17. The highest BCUT2D eigenvalue weighted by Crippen LogP contribution is 2.33. The number of thiophene rings is 1. The van der Waals surface area contributed by atoms with Gasteiger partial charge in [-0.05, 0) is 30.4 Å². The lowest BCUT2D eigenvalue weighted by atomic mass is 10.1. The summed E-state index contributed by atoms with van der Waals surface area (Å²) in [6, 6.07) is 8.21. The van der Waals surface area contributed by atoms with E-state index in [1.54, 1.807) is 17.5 Å². The summed E-state index contributed by atoms with van der Waals surface area (Å²) in [5.74, 6) is -0.0472. The standard InChI is InChI=1S/C16H16N2OS2/c1-3-6-12-11-7-4-5-8-13(11)21-14(12)15(19)18-16-17-9-10(2)20-16/h4-5,7-9H,3,6H2,1-2H3,(H,17,18,19). The third kappa shape index (κ3) is 2.84. The molecule has 0 saturated carbocycles. The van der Waals surface area contributed by atoms with Crippen molar-refractivity contribution < 1.29 is 4.79 Å². The quantitative estimate of drug-likeness (QED) is 0.746. The summed E-state index contributed by atoms with van der Waals surface area (Å²) in [7, 11) is 0. The van der Waals surface area contributed by atoms with Gasteiger partial charge in [-0.1, -0.05) is 31.5 Å². The molecule has 5 heteroatoms. The first-order valence-electron chi connectivity index (χ1n) is 6.93. The third-order valence-electron chi connectivity index (χ3n) is 3.25. The van der Waals surface area contributed by atoms with Crippen LogP contribution in [0.2, 0.25) is 0 Å². The summed E-state index contributed by atoms with van der Waals surface area (Å²) in [5.41, 5.74) is 1.16. The molecule has 0 radical (unpaired) electrons. The van der Waals surface area contributed by atoms with Crippen LogP contribution in [0.3, 0.4) is 0 Å². The van der Waals surface area contributed by atoms with Crippen LogP contribution in [0.25, 0.3) is 10.1 Å². The third-order valence-corrected chi connectivity index (χ3v) is 5.29. The van der Waals surface area contributed by atoms with Gasteiger partial charge in [0.2, 0.25) is 0 Å². The van der Waals surface area contributed by atoms with Gasteiger partial charge in [-0.15, -0.1) is 22.7 Å². The van der Waals surface area contributed by atoms with Gasteiger partial charge in [0.05, 0.1) is 4.88 Å². The number of hydrogen-bond acceptors (Lipinski definition) is 4. The van der Waals surface area contributed by atoms with Crippen molar-refractivity contribution in [1.82, 2.24) is 4.98 Å². The number of anilines is 1. The summed E-state index contributed by atoms with van der Waals surface area (Å²) in [5, 5.41) is 4.78. The number of benzene rings is 1. The maximum Gasteiger partial charge on any atom is 0.267 e. The lowest BCUT2D eigenvalue weighted by Gasteiger charge is -2.03.